The van der Waals surface area contributed by atoms with Crippen molar-refractivity contribution in [2.75, 3.05) is 0 Å². The van der Waals surface area contributed by atoms with Crippen LogP contribution in [-0.2, 0) is 9.53 Å². The molecule has 4 heteroatoms. The van der Waals surface area contributed by atoms with Crippen LogP contribution in [0.3, 0.4) is 0 Å². The molecule has 2 N–H and O–H groups in total. The summed E-state index contributed by atoms with van der Waals surface area (Å²) < 4.78 is 5.72. The first-order chi connectivity index (χ1) is 6.99. The summed E-state index contributed by atoms with van der Waals surface area (Å²) in [6.45, 7) is 1.85. The molecular formula is C11H16O4. The van der Waals surface area contributed by atoms with Crippen molar-refractivity contribution in [2.45, 2.75) is 50.4 Å². The summed E-state index contributed by atoms with van der Waals surface area (Å²) in [7, 11) is 0. The van der Waals surface area contributed by atoms with Crippen molar-refractivity contribution in [3.05, 3.63) is 0 Å². The minimum atomic E-state index is -0.755. The molecule has 1 heterocycles. The lowest BCUT2D eigenvalue weighted by atomic mass is 9.84. The van der Waals surface area contributed by atoms with Crippen molar-refractivity contribution in [3.8, 4) is 0 Å². The highest BCUT2D eigenvalue weighted by Crippen LogP contribution is 2.66. The number of carboxylic acid groups (broad SMARTS) is 1. The monoisotopic (exact) mass is 212 g/mol. The number of ether oxygens (including phenoxy) is 1. The zero-order valence-electron chi connectivity index (χ0n) is 8.77. The molecule has 3 rings (SSSR count). The molecule has 84 valence electrons. The van der Waals surface area contributed by atoms with E-state index >= 15 is 0 Å². The Labute approximate surface area is 88.2 Å². The van der Waals surface area contributed by atoms with Crippen LogP contribution in [0.1, 0.15) is 32.6 Å². The zero-order chi connectivity index (χ0) is 10.8. The molecule has 2 aliphatic carbocycles. The number of carboxylic acids is 1. The van der Waals surface area contributed by atoms with Gasteiger partial charge in [-0.1, -0.05) is 0 Å². The van der Waals surface area contributed by atoms with Crippen molar-refractivity contribution in [2.24, 2.45) is 11.3 Å². The Morgan fingerprint density at radius 2 is 2.13 bits per heavy atom. The van der Waals surface area contributed by atoms with Gasteiger partial charge in [0.1, 0.15) is 0 Å². The van der Waals surface area contributed by atoms with Crippen LogP contribution in [-0.4, -0.2) is 34.0 Å². The van der Waals surface area contributed by atoms with E-state index in [0.29, 0.717) is 6.42 Å². The number of hydrogen-bond acceptors (Lipinski definition) is 3. The molecule has 2 saturated carbocycles. The van der Waals surface area contributed by atoms with Gasteiger partial charge in [0.15, 0.2) is 0 Å². The topological polar surface area (TPSA) is 66.8 Å². The first-order valence-corrected chi connectivity index (χ1v) is 5.58. The summed E-state index contributed by atoms with van der Waals surface area (Å²) >= 11 is 0. The largest absolute Gasteiger partial charge is 0.481 e. The molecule has 0 aromatic rings. The minimum absolute atomic E-state index is 0.0120. The SMILES string of the molecule is C[C@@H]1O[C@@]2(CC2C(=O)O)CC2(CC2)[C@H]1O. The highest BCUT2D eigenvalue weighted by molar-refractivity contribution is 5.75. The summed E-state index contributed by atoms with van der Waals surface area (Å²) in [6.07, 6.45) is 2.79. The third-order valence-corrected chi connectivity index (χ3v) is 4.36. The standard InChI is InChI=1S/C11H16O4/c1-6-8(12)10(2-3-10)5-11(15-6)4-7(11)9(13)14/h6-8,12H,2-5H2,1H3,(H,13,14)/t6-,7?,8-,11-/m0/s1. The lowest BCUT2D eigenvalue weighted by molar-refractivity contribution is -0.170. The van der Waals surface area contributed by atoms with Crippen LogP contribution in [0.5, 0.6) is 0 Å². The molecule has 0 radical (unpaired) electrons. The number of carbonyl (C=O) groups is 1. The van der Waals surface area contributed by atoms with E-state index in [1.165, 1.54) is 0 Å². The Bertz CT molecular complexity index is 323. The summed E-state index contributed by atoms with van der Waals surface area (Å²) in [5.41, 5.74) is -0.456. The molecule has 4 nitrogen and oxygen atoms in total. The van der Waals surface area contributed by atoms with Gasteiger partial charge in [-0.2, -0.15) is 0 Å². The molecule has 0 aromatic heterocycles. The normalized spacial score (nSPS) is 50.7. The van der Waals surface area contributed by atoms with Crippen LogP contribution in [0.15, 0.2) is 0 Å². The Morgan fingerprint density at radius 1 is 1.47 bits per heavy atom. The van der Waals surface area contributed by atoms with Crippen molar-refractivity contribution < 1.29 is 19.7 Å². The molecule has 4 atom stereocenters. The highest BCUT2D eigenvalue weighted by atomic mass is 16.5. The second kappa shape index (κ2) is 2.55. The van der Waals surface area contributed by atoms with Crippen LogP contribution in [0, 0.1) is 11.3 Å². The lowest BCUT2D eigenvalue weighted by Crippen LogP contribution is -2.47. The maximum Gasteiger partial charge on any atom is 0.309 e. The van der Waals surface area contributed by atoms with Crippen molar-refractivity contribution in [3.63, 3.8) is 0 Å². The van der Waals surface area contributed by atoms with Crippen LogP contribution in [0.25, 0.3) is 0 Å². The Balaban J connectivity index is 1.82. The van der Waals surface area contributed by atoms with Crippen molar-refractivity contribution >= 4 is 5.97 Å². The fourth-order valence-electron chi connectivity index (χ4n) is 3.23. The second-order valence-corrected chi connectivity index (χ2v) is 5.47. The Hall–Kier alpha value is -0.610. The molecule has 0 aromatic carbocycles. The Kier molecular flexibility index (Phi) is 1.63. The van der Waals surface area contributed by atoms with Gasteiger partial charge in [-0.25, -0.2) is 0 Å². The maximum atomic E-state index is 10.9. The zero-order valence-corrected chi connectivity index (χ0v) is 8.77. The molecule has 1 aliphatic heterocycles. The van der Waals surface area contributed by atoms with Gasteiger partial charge in [0.25, 0.3) is 0 Å². The average Bonchev–Trinajstić information content (AvgIpc) is 3.02. The van der Waals surface area contributed by atoms with E-state index in [4.69, 9.17) is 9.84 Å². The van der Waals surface area contributed by atoms with E-state index in [9.17, 15) is 9.90 Å². The van der Waals surface area contributed by atoms with Gasteiger partial charge in [0, 0.05) is 5.41 Å². The molecule has 3 aliphatic rings. The van der Waals surface area contributed by atoms with Crippen LogP contribution in [0.2, 0.25) is 0 Å². The number of aliphatic hydroxyl groups is 1. The van der Waals surface area contributed by atoms with Crippen LogP contribution < -0.4 is 0 Å². The number of aliphatic hydroxyl groups excluding tert-OH is 1. The third-order valence-electron chi connectivity index (χ3n) is 4.36. The van der Waals surface area contributed by atoms with E-state index in [0.717, 1.165) is 19.3 Å². The van der Waals surface area contributed by atoms with Gasteiger partial charge in [-0.3, -0.25) is 4.79 Å². The third kappa shape index (κ3) is 1.18. The smallest absolute Gasteiger partial charge is 0.309 e. The van der Waals surface area contributed by atoms with Gasteiger partial charge >= 0.3 is 5.97 Å². The molecule has 15 heavy (non-hydrogen) atoms. The van der Waals surface area contributed by atoms with Gasteiger partial charge in [0.2, 0.25) is 0 Å². The highest BCUT2D eigenvalue weighted by Gasteiger charge is 2.70. The van der Waals surface area contributed by atoms with Gasteiger partial charge in [-0.05, 0) is 32.6 Å². The van der Waals surface area contributed by atoms with E-state index in [1.807, 2.05) is 6.92 Å². The van der Waals surface area contributed by atoms with E-state index in [-0.39, 0.29) is 17.4 Å². The van der Waals surface area contributed by atoms with Gasteiger partial charge < -0.3 is 14.9 Å². The summed E-state index contributed by atoms with van der Waals surface area (Å²) in [6, 6.07) is 0. The second-order valence-electron chi connectivity index (χ2n) is 5.47. The van der Waals surface area contributed by atoms with Gasteiger partial charge in [0.05, 0.1) is 23.7 Å². The molecule has 1 saturated heterocycles. The minimum Gasteiger partial charge on any atom is -0.481 e. The number of hydrogen-bond donors (Lipinski definition) is 2. The number of aliphatic carboxylic acids is 1. The molecule has 2 spiro atoms. The van der Waals surface area contributed by atoms with E-state index in [1.54, 1.807) is 0 Å². The fraction of sp³-hybridized carbons (Fsp3) is 0.909. The fourth-order valence-corrected chi connectivity index (χ4v) is 3.23. The summed E-state index contributed by atoms with van der Waals surface area (Å²) in [5.74, 6) is -1.10. The Morgan fingerprint density at radius 3 is 2.60 bits per heavy atom. The predicted molar refractivity (Wildman–Crippen MR) is 51.3 cm³/mol. The molecular weight excluding hydrogens is 196 g/mol. The van der Waals surface area contributed by atoms with Crippen molar-refractivity contribution in [1.82, 2.24) is 0 Å². The maximum absolute atomic E-state index is 10.9. The van der Waals surface area contributed by atoms with Crippen molar-refractivity contribution in [1.29, 1.82) is 0 Å². The van der Waals surface area contributed by atoms with E-state index < -0.39 is 17.7 Å². The predicted octanol–water partition coefficient (Wildman–Crippen LogP) is 0.780. The summed E-state index contributed by atoms with van der Waals surface area (Å²) in [5, 5.41) is 19.0. The molecule has 1 unspecified atom stereocenters. The van der Waals surface area contributed by atoms with Crippen LogP contribution >= 0.6 is 0 Å². The first kappa shape index (κ1) is 9.60. The first-order valence-electron chi connectivity index (χ1n) is 5.58. The quantitative estimate of drug-likeness (QED) is 0.674. The molecule has 3 fully saturated rings. The molecule has 0 bridgehead atoms. The van der Waals surface area contributed by atoms with E-state index in [2.05, 4.69) is 0 Å². The van der Waals surface area contributed by atoms with Crippen LogP contribution in [0.4, 0.5) is 0 Å². The molecule has 0 amide bonds. The summed E-state index contributed by atoms with van der Waals surface area (Å²) in [4.78, 5) is 10.9. The lowest BCUT2D eigenvalue weighted by Gasteiger charge is -2.39. The van der Waals surface area contributed by atoms with Gasteiger partial charge in [-0.15, -0.1) is 0 Å². The average molecular weight is 212 g/mol. The number of rotatable bonds is 1.